The highest BCUT2D eigenvalue weighted by Gasteiger charge is 2.60. The van der Waals surface area contributed by atoms with E-state index in [1.165, 1.54) is 0 Å². The zero-order chi connectivity index (χ0) is 14.3. The summed E-state index contributed by atoms with van der Waals surface area (Å²) in [5.74, 6) is -1.26. The van der Waals surface area contributed by atoms with Gasteiger partial charge in [0.25, 0.3) is 0 Å². The van der Waals surface area contributed by atoms with Gasteiger partial charge in [0.15, 0.2) is 5.78 Å². The lowest BCUT2D eigenvalue weighted by atomic mass is 10.2. The first kappa shape index (κ1) is 15.2. The minimum Gasteiger partial charge on any atom is -0.385 e. The van der Waals surface area contributed by atoms with Crippen LogP contribution in [0.2, 0.25) is 0 Å². The van der Waals surface area contributed by atoms with Gasteiger partial charge in [-0.25, -0.2) is 0 Å². The van der Waals surface area contributed by atoms with Gasteiger partial charge in [-0.05, 0) is 0 Å². The third kappa shape index (κ3) is 3.12. The average Bonchev–Trinajstić information content (AvgIpc) is 2.39. The van der Waals surface area contributed by atoms with Gasteiger partial charge in [0, 0.05) is 6.42 Å². The molecule has 0 aromatic heterocycles. The molecule has 0 bridgehead atoms. The number of ether oxygens (including phenoxy) is 1. The molecule has 10 heteroatoms. The number of carbonyl (C=O) groups excluding carboxylic acids is 1. The van der Waals surface area contributed by atoms with Crippen LogP contribution in [0.15, 0.2) is 0 Å². The van der Waals surface area contributed by atoms with Gasteiger partial charge in [0.05, 0.1) is 6.10 Å². The highest BCUT2D eigenvalue weighted by molar-refractivity contribution is 5.89. The van der Waals surface area contributed by atoms with Crippen molar-refractivity contribution in [2.75, 3.05) is 0 Å². The highest BCUT2D eigenvalue weighted by atomic mass is 19.4. The van der Waals surface area contributed by atoms with Crippen molar-refractivity contribution in [1.82, 2.24) is 0 Å². The number of ketones is 1. The molecule has 2 N–H and O–H groups in total. The molecular formula is C8H8F6O4. The first-order valence-electron chi connectivity index (χ1n) is 4.63. The molecule has 0 aliphatic heterocycles. The van der Waals surface area contributed by atoms with E-state index in [2.05, 4.69) is 4.74 Å². The molecule has 3 unspecified atom stereocenters. The van der Waals surface area contributed by atoms with Gasteiger partial charge in [0.1, 0.15) is 12.2 Å². The molecule has 0 saturated heterocycles. The van der Waals surface area contributed by atoms with E-state index in [-0.39, 0.29) is 0 Å². The Bertz CT molecular complexity index is 311. The van der Waals surface area contributed by atoms with Crippen LogP contribution in [0.5, 0.6) is 0 Å². The van der Waals surface area contributed by atoms with Gasteiger partial charge in [-0.3, -0.25) is 4.79 Å². The number of hydrogen-bond donors (Lipinski definition) is 2. The fraction of sp³-hybridized carbons (Fsp3) is 0.875. The number of alkyl halides is 6. The number of hydrogen-bond acceptors (Lipinski definition) is 4. The predicted octanol–water partition coefficient (Wildman–Crippen LogP) is 0.559. The molecule has 1 rings (SSSR count). The number of aliphatic hydroxyl groups excluding tert-OH is 2. The normalized spacial score (nSPS) is 30.3. The Morgan fingerprint density at radius 2 is 1.56 bits per heavy atom. The maximum Gasteiger partial charge on any atom is 0.423 e. The Morgan fingerprint density at radius 1 is 1.11 bits per heavy atom. The Balaban J connectivity index is 2.84. The second kappa shape index (κ2) is 4.67. The second-order valence-electron chi connectivity index (χ2n) is 3.74. The highest BCUT2D eigenvalue weighted by Crippen LogP contribution is 2.38. The Morgan fingerprint density at radius 3 is 1.83 bits per heavy atom. The van der Waals surface area contributed by atoms with Crippen molar-refractivity contribution in [3.05, 3.63) is 0 Å². The average molecular weight is 282 g/mol. The smallest absolute Gasteiger partial charge is 0.385 e. The summed E-state index contributed by atoms with van der Waals surface area (Å²) in [6, 6.07) is 0. The van der Waals surface area contributed by atoms with Gasteiger partial charge in [0.2, 0.25) is 6.10 Å². The molecule has 0 amide bonds. The van der Waals surface area contributed by atoms with Gasteiger partial charge < -0.3 is 14.9 Å². The molecule has 0 spiro atoms. The molecule has 4 nitrogen and oxygen atoms in total. The molecule has 1 aliphatic rings. The SMILES string of the molecule is O=C1C(O)CC(OC(C(F)(F)F)C(F)(F)F)C1O. The van der Waals surface area contributed by atoms with Crippen LogP contribution in [0.1, 0.15) is 6.42 Å². The molecule has 1 aliphatic carbocycles. The van der Waals surface area contributed by atoms with Crippen LogP contribution in [0.3, 0.4) is 0 Å². The standard InChI is InChI=1S/C8H8F6O4/c9-7(10,11)6(8(12,13)14)18-3-1-2(15)4(16)5(3)17/h2-3,5-6,15,17H,1H2. The van der Waals surface area contributed by atoms with Crippen LogP contribution in [0.25, 0.3) is 0 Å². The maximum atomic E-state index is 12.1. The van der Waals surface area contributed by atoms with Gasteiger partial charge in [-0.1, -0.05) is 0 Å². The Labute approximate surface area is 96.1 Å². The summed E-state index contributed by atoms with van der Waals surface area (Å²) in [4.78, 5) is 10.9. The van der Waals surface area contributed by atoms with Crippen molar-refractivity contribution >= 4 is 5.78 Å². The van der Waals surface area contributed by atoms with Gasteiger partial charge in [-0.2, -0.15) is 26.3 Å². The number of carbonyl (C=O) groups is 1. The minimum atomic E-state index is -5.73. The number of rotatable bonds is 2. The van der Waals surface area contributed by atoms with E-state index in [0.717, 1.165) is 0 Å². The van der Waals surface area contributed by atoms with E-state index in [9.17, 15) is 31.1 Å². The predicted molar refractivity (Wildman–Crippen MR) is 42.4 cm³/mol. The van der Waals surface area contributed by atoms with E-state index >= 15 is 0 Å². The van der Waals surface area contributed by atoms with E-state index < -0.39 is 49.0 Å². The van der Waals surface area contributed by atoms with Crippen LogP contribution in [-0.2, 0) is 9.53 Å². The topological polar surface area (TPSA) is 66.8 Å². The summed E-state index contributed by atoms with van der Waals surface area (Å²) in [7, 11) is 0. The first-order chi connectivity index (χ1) is 7.94. The minimum absolute atomic E-state index is 0.817. The van der Waals surface area contributed by atoms with Crippen LogP contribution in [-0.4, -0.2) is 52.8 Å². The van der Waals surface area contributed by atoms with Crippen molar-refractivity contribution in [3.8, 4) is 0 Å². The monoisotopic (exact) mass is 282 g/mol. The van der Waals surface area contributed by atoms with Crippen LogP contribution < -0.4 is 0 Å². The van der Waals surface area contributed by atoms with Crippen molar-refractivity contribution in [1.29, 1.82) is 0 Å². The van der Waals surface area contributed by atoms with E-state index in [1.807, 2.05) is 0 Å². The molecule has 0 radical (unpaired) electrons. The molecule has 3 atom stereocenters. The number of halogens is 6. The van der Waals surface area contributed by atoms with E-state index in [4.69, 9.17) is 10.2 Å². The van der Waals surface area contributed by atoms with E-state index in [0.29, 0.717) is 0 Å². The lowest BCUT2D eigenvalue weighted by molar-refractivity contribution is -0.334. The maximum absolute atomic E-state index is 12.1. The van der Waals surface area contributed by atoms with E-state index in [1.54, 1.807) is 0 Å². The Kier molecular flexibility index (Phi) is 3.94. The third-order valence-electron chi connectivity index (χ3n) is 2.33. The third-order valence-corrected chi connectivity index (χ3v) is 2.33. The molecule has 18 heavy (non-hydrogen) atoms. The largest absolute Gasteiger partial charge is 0.423 e. The fourth-order valence-electron chi connectivity index (χ4n) is 1.49. The molecular weight excluding hydrogens is 274 g/mol. The molecule has 0 heterocycles. The lowest BCUT2D eigenvalue weighted by Crippen LogP contribution is -2.48. The first-order valence-corrected chi connectivity index (χ1v) is 4.63. The quantitative estimate of drug-likeness (QED) is 0.726. The van der Waals surface area contributed by atoms with Gasteiger partial charge in [-0.15, -0.1) is 0 Å². The zero-order valence-corrected chi connectivity index (χ0v) is 8.50. The number of aliphatic hydroxyl groups is 2. The molecule has 0 aromatic carbocycles. The molecule has 1 fully saturated rings. The second-order valence-corrected chi connectivity index (χ2v) is 3.74. The Hall–Kier alpha value is -0.870. The molecule has 1 saturated carbocycles. The van der Waals surface area contributed by atoms with Crippen molar-refractivity contribution in [2.24, 2.45) is 0 Å². The van der Waals surface area contributed by atoms with Crippen molar-refractivity contribution in [2.45, 2.75) is 43.2 Å². The van der Waals surface area contributed by atoms with Crippen LogP contribution in [0.4, 0.5) is 26.3 Å². The zero-order valence-electron chi connectivity index (χ0n) is 8.50. The van der Waals surface area contributed by atoms with Gasteiger partial charge >= 0.3 is 12.4 Å². The fourth-order valence-corrected chi connectivity index (χ4v) is 1.49. The summed E-state index contributed by atoms with van der Waals surface area (Å²) >= 11 is 0. The summed E-state index contributed by atoms with van der Waals surface area (Å²) in [5.41, 5.74) is 0. The molecule has 0 aromatic rings. The van der Waals surface area contributed by atoms with Crippen molar-refractivity contribution in [3.63, 3.8) is 0 Å². The van der Waals surface area contributed by atoms with Crippen LogP contribution >= 0.6 is 0 Å². The number of Topliss-reactive ketones (excluding diaryl/α,β-unsaturated/α-hetero) is 1. The summed E-state index contributed by atoms with van der Waals surface area (Å²) in [6.07, 6.45) is -22.4. The summed E-state index contributed by atoms with van der Waals surface area (Å²) < 4.78 is 76.4. The lowest BCUT2D eigenvalue weighted by Gasteiger charge is -2.26. The van der Waals surface area contributed by atoms with Crippen LogP contribution in [0, 0.1) is 0 Å². The molecule has 106 valence electrons. The van der Waals surface area contributed by atoms with Crippen molar-refractivity contribution < 1.29 is 46.1 Å². The summed E-state index contributed by atoms with van der Waals surface area (Å²) in [6.45, 7) is 0. The summed E-state index contributed by atoms with van der Waals surface area (Å²) in [5, 5.41) is 17.9.